The number of benzene rings is 2. The molecule has 27 heavy (non-hydrogen) atoms. The van der Waals surface area contributed by atoms with Gasteiger partial charge in [-0.15, -0.1) is 0 Å². The maximum Gasteiger partial charge on any atom is 0.206 e. The maximum absolute atomic E-state index is 6.80. The normalized spacial score (nSPS) is 11.7. The van der Waals surface area contributed by atoms with Crippen LogP contribution in [0.1, 0.15) is 0 Å². The summed E-state index contributed by atoms with van der Waals surface area (Å²) in [7, 11) is -4.09. The fraction of sp³-hybridized carbons (Fsp3) is 0.273. The van der Waals surface area contributed by atoms with Crippen LogP contribution < -0.4 is 19.8 Å². The molecule has 0 N–H and O–H groups in total. The summed E-state index contributed by atoms with van der Waals surface area (Å²) in [5, 5.41) is 2.53. The molecule has 5 heteroatoms. The lowest BCUT2D eigenvalue weighted by Crippen LogP contribution is -2.57. The minimum Gasteiger partial charge on any atom is -0.490 e. The van der Waals surface area contributed by atoms with E-state index in [4.69, 9.17) is 13.6 Å². The van der Waals surface area contributed by atoms with Crippen molar-refractivity contribution in [2.24, 2.45) is 0 Å². The van der Waals surface area contributed by atoms with Crippen LogP contribution in [-0.4, -0.2) is 29.8 Å². The standard InChI is InChI=1S/C22H30O3Si2/c1-7-17-23-19-9-13-21(14-10-19)26(3,4)25-27(5,6)22-15-11-20(12-16-22)24-18-8-2/h7-16H,1-2,17-18H2,3-6H3. The monoisotopic (exact) mass is 398 g/mol. The molecule has 2 rings (SSSR count). The van der Waals surface area contributed by atoms with E-state index in [-0.39, 0.29) is 0 Å². The Morgan fingerprint density at radius 1 is 0.667 bits per heavy atom. The molecule has 0 heterocycles. The van der Waals surface area contributed by atoms with Crippen LogP contribution in [0.3, 0.4) is 0 Å². The van der Waals surface area contributed by atoms with E-state index in [1.54, 1.807) is 12.2 Å². The molecule has 0 atom stereocenters. The van der Waals surface area contributed by atoms with Crippen LogP contribution in [0, 0.1) is 0 Å². The molecule has 0 unspecified atom stereocenters. The molecule has 0 aromatic heterocycles. The van der Waals surface area contributed by atoms with E-state index < -0.39 is 16.6 Å². The molecule has 0 spiro atoms. The second-order valence-corrected chi connectivity index (χ2v) is 15.4. The minimum atomic E-state index is -2.04. The lowest BCUT2D eigenvalue weighted by molar-refractivity contribution is 0.363. The highest BCUT2D eigenvalue weighted by molar-refractivity contribution is 6.96. The lowest BCUT2D eigenvalue weighted by atomic mass is 10.3. The highest BCUT2D eigenvalue weighted by atomic mass is 28.4. The largest absolute Gasteiger partial charge is 0.490 e. The van der Waals surface area contributed by atoms with E-state index in [2.05, 4.69) is 63.6 Å². The van der Waals surface area contributed by atoms with Gasteiger partial charge in [0.1, 0.15) is 24.7 Å². The predicted octanol–water partition coefficient (Wildman–Crippen LogP) is 4.36. The van der Waals surface area contributed by atoms with Crippen molar-refractivity contribution < 1.29 is 13.6 Å². The molecule has 0 saturated carbocycles. The van der Waals surface area contributed by atoms with Gasteiger partial charge in [-0.3, -0.25) is 0 Å². The van der Waals surface area contributed by atoms with Crippen molar-refractivity contribution in [1.82, 2.24) is 0 Å². The fourth-order valence-corrected chi connectivity index (χ4v) is 11.0. The maximum atomic E-state index is 6.80. The molecule has 0 fully saturated rings. The van der Waals surface area contributed by atoms with Gasteiger partial charge in [-0.05, 0) is 60.8 Å². The average molecular weight is 399 g/mol. The van der Waals surface area contributed by atoms with E-state index in [1.165, 1.54) is 10.4 Å². The SMILES string of the molecule is C=CCOc1ccc([Si](C)(C)O[Si](C)(C)c2ccc(OCC=C)cc2)cc1. The molecule has 3 nitrogen and oxygen atoms in total. The topological polar surface area (TPSA) is 27.7 Å². The molecule has 2 aromatic rings. The number of hydrogen-bond acceptors (Lipinski definition) is 3. The summed E-state index contributed by atoms with van der Waals surface area (Å²) < 4.78 is 18.0. The third-order valence-electron chi connectivity index (χ3n) is 4.35. The van der Waals surface area contributed by atoms with Gasteiger partial charge in [-0.25, -0.2) is 0 Å². The van der Waals surface area contributed by atoms with E-state index in [0.29, 0.717) is 13.2 Å². The Bertz CT molecular complexity index is 685. The summed E-state index contributed by atoms with van der Waals surface area (Å²) in [4.78, 5) is 0. The van der Waals surface area contributed by atoms with Crippen LogP contribution in [0.25, 0.3) is 0 Å². The van der Waals surface area contributed by atoms with Gasteiger partial charge in [-0.2, -0.15) is 0 Å². The molecular formula is C22H30O3Si2. The Labute approximate surface area is 165 Å². The predicted molar refractivity (Wildman–Crippen MR) is 120 cm³/mol. The van der Waals surface area contributed by atoms with Crippen molar-refractivity contribution in [3.05, 3.63) is 73.8 Å². The van der Waals surface area contributed by atoms with Crippen molar-refractivity contribution in [1.29, 1.82) is 0 Å². The van der Waals surface area contributed by atoms with E-state index in [0.717, 1.165) is 11.5 Å². The van der Waals surface area contributed by atoms with Crippen LogP contribution in [-0.2, 0) is 4.12 Å². The summed E-state index contributed by atoms with van der Waals surface area (Å²) in [5.74, 6) is 1.71. The zero-order valence-corrected chi connectivity index (χ0v) is 18.8. The Morgan fingerprint density at radius 2 is 1.00 bits per heavy atom. The third-order valence-corrected chi connectivity index (χ3v) is 11.9. The summed E-state index contributed by atoms with van der Waals surface area (Å²) in [5.41, 5.74) is 0. The molecule has 0 aliphatic rings. The number of hydrogen-bond donors (Lipinski definition) is 0. The van der Waals surface area contributed by atoms with Crippen LogP contribution >= 0.6 is 0 Å². The summed E-state index contributed by atoms with van der Waals surface area (Å²) in [6, 6.07) is 16.5. The Balaban J connectivity index is 2.11. The van der Waals surface area contributed by atoms with E-state index in [1.807, 2.05) is 24.3 Å². The molecule has 0 amide bonds. The molecule has 0 aliphatic heterocycles. The van der Waals surface area contributed by atoms with Crippen LogP contribution in [0.4, 0.5) is 0 Å². The Morgan fingerprint density at radius 3 is 1.30 bits per heavy atom. The first kappa shape index (κ1) is 21.2. The smallest absolute Gasteiger partial charge is 0.206 e. The van der Waals surface area contributed by atoms with Gasteiger partial charge in [0.25, 0.3) is 0 Å². The van der Waals surface area contributed by atoms with E-state index >= 15 is 0 Å². The average Bonchev–Trinajstić information content (AvgIpc) is 2.64. The Kier molecular flexibility index (Phi) is 7.24. The molecule has 0 aliphatic carbocycles. The van der Waals surface area contributed by atoms with Gasteiger partial charge in [0.2, 0.25) is 16.6 Å². The molecule has 0 bridgehead atoms. The quantitative estimate of drug-likeness (QED) is 0.440. The molecule has 144 valence electrons. The van der Waals surface area contributed by atoms with Gasteiger partial charge in [0.15, 0.2) is 0 Å². The molecular weight excluding hydrogens is 368 g/mol. The van der Waals surface area contributed by atoms with Crippen LogP contribution in [0.2, 0.25) is 26.2 Å². The van der Waals surface area contributed by atoms with Gasteiger partial charge in [0, 0.05) is 0 Å². The summed E-state index contributed by atoms with van der Waals surface area (Å²) >= 11 is 0. The molecule has 0 radical (unpaired) electrons. The first-order chi connectivity index (χ1) is 12.8. The zero-order chi connectivity index (χ0) is 19.9. The zero-order valence-electron chi connectivity index (χ0n) is 16.8. The molecule has 0 saturated heterocycles. The molecule has 2 aromatic carbocycles. The van der Waals surface area contributed by atoms with Crippen LogP contribution in [0.15, 0.2) is 73.8 Å². The summed E-state index contributed by atoms with van der Waals surface area (Å²) in [6.45, 7) is 17.4. The first-order valence-electron chi connectivity index (χ1n) is 9.17. The van der Waals surface area contributed by atoms with Crippen molar-refractivity contribution in [2.45, 2.75) is 26.2 Å². The fourth-order valence-electron chi connectivity index (χ4n) is 2.97. The second kappa shape index (κ2) is 9.21. The van der Waals surface area contributed by atoms with Crippen molar-refractivity contribution in [2.75, 3.05) is 13.2 Å². The van der Waals surface area contributed by atoms with Gasteiger partial charge in [0.05, 0.1) is 0 Å². The Hall–Kier alpha value is -2.09. The number of rotatable bonds is 10. The van der Waals surface area contributed by atoms with Gasteiger partial charge >= 0.3 is 0 Å². The first-order valence-corrected chi connectivity index (χ1v) is 15.0. The highest BCUT2D eigenvalue weighted by Crippen LogP contribution is 2.18. The van der Waals surface area contributed by atoms with E-state index in [9.17, 15) is 0 Å². The highest BCUT2D eigenvalue weighted by Gasteiger charge is 2.35. The van der Waals surface area contributed by atoms with Gasteiger partial charge in [-0.1, -0.05) is 49.6 Å². The number of ether oxygens (including phenoxy) is 2. The minimum absolute atomic E-state index is 0.517. The third kappa shape index (κ3) is 5.95. The lowest BCUT2D eigenvalue weighted by Gasteiger charge is -2.34. The van der Waals surface area contributed by atoms with Gasteiger partial charge < -0.3 is 13.6 Å². The van der Waals surface area contributed by atoms with Crippen molar-refractivity contribution in [3.63, 3.8) is 0 Å². The van der Waals surface area contributed by atoms with Crippen molar-refractivity contribution in [3.8, 4) is 11.5 Å². The van der Waals surface area contributed by atoms with Crippen LogP contribution in [0.5, 0.6) is 11.5 Å². The van der Waals surface area contributed by atoms with Crippen molar-refractivity contribution >= 4 is 27.0 Å². The summed E-state index contributed by atoms with van der Waals surface area (Å²) in [6.07, 6.45) is 3.50. The second-order valence-electron chi connectivity index (χ2n) is 7.37.